The van der Waals surface area contributed by atoms with Crippen LogP contribution in [-0.4, -0.2) is 104 Å². The van der Waals surface area contributed by atoms with Crippen LogP contribution in [0.25, 0.3) is 0 Å². The van der Waals surface area contributed by atoms with Crippen molar-refractivity contribution in [3.05, 3.63) is 0 Å². The highest BCUT2D eigenvalue weighted by Crippen LogP contribution is 2.22. The fourth-order valence-corrected chi connectivity index (χ4v) is 4.56. The maximum Gasteiger partial charge on any atom is 0.236 e. The Bertz CT molecular complexity index is 590. The van der Waals surface area contributed by atoms with Crippen molar-refractivity contribution in [2.24, 2.45) is 5.92 Å². The first-order valence-electron chi connectivity index (χ1n) is 9.50. The van der Waals surface area contributed by atoms with Gasteiger partial charge in [0.1, 0.15) is 0 Å². The number of piperidine rings is 1. The molecule has 0 saturated carbocycles. The lowest BCUT2D eigenvalue weighted by Gasteiger charge is -2.38. The van der Waals surface area contributed by atoms with E-state index < -0.39 is 10.0 Å². The highest BCUT2D eigenvalue weighted by molar-refractivity contribution is 7.88. The molecule has 0 aromatic rings. The minimum absolute atomic E-state index is 0.0862. The Balaban J connectivity index is 1.77. The fraction of sp³-hybridized carbons (Fsp3) is 0.882. The molecule has 9 heteroatoms. The van der Waals surface area contributed by atoms with Crippen LogP contribution in [0.5, 0.6) is 0 Å². The molecule has 0 aromatic carbocycles. The molecule has 2 amide bonds. The van der Waals surface area contributed by atoms with E-state index >= 15 is 0 Å². The first-order chi connectivity index (χ1) is 12.3. The van der Waals surface area contributed by atoms with E-state index in [4.69, 9.17) is 0 Å². The van der Waals surface area contributed by atoms with Crippen LogP contribution < -0.4 is 0 Å². The van der Waals surface area contributed by atoms with Crippen molar-refractivity contribution in [2.75, 3.05) is 65.2 Å². The number of piperazine rings is 1. The van der Waals surface area contributed by atoms with Crippen LogP contribution in [0.4, 0.5) is 0 Å². The number of amides is 2. The van der Waals surface area contributed by atoms with Gasteiger partial charge in [-0.05, 0) is 26.7 Å². The maximum atomic E-state index is 12.7. The van der Waals surface area contributed by atoms with Gasteiger partial charge in [0.25, 0.3) is 0 Å². The zero-order valence-corrected chi connectivity index (χ0v) is 17.0. The van der Waals surface area contributed by atoms with Gasteiger partial charge in [-0.2, -0.15) is 0 Å². The van der Waals surface area contributed by atoms with E-state index in [0.29, 0.717) is 58.7 Å². The van der Waals surface area contributed by atoms with Gasteiger partial charge < -0.3 is 9.80 Å². The number of hydrogen-bond donors (Lipinski definition) is 0. The quantitative estimate of drug-likeness (QED) is 0.622. The second-order valence-corrected chi connectivity index (χ2v) is 9.09. The van der Waals surface area contributed by atoms with E-state index in [-0.39, 0.29) is 17.7 Å². The highest BCUT2D eigenvalue weighted by Gasteiger charge is 2.32. The highest BCUT2D eigenvalue weighted by atomic mass is 32.2. The average molecular weight is 389 g/mol. The summed E-state index contributed by atoms with van der Waals surface area (Å²) in [4.78, 5) is 30.7. The Hall–Kier alpha value is -1.19. The van der Waals surface area contributed by atoms with E-state index in [1.54, 1.807) is 0 Å². The Morgan fingerprint density at radius 2 is 1.50 bits per heavy atom. The number of rotatable bonds is 6. The lowest BCUT2D eigenvalue weighted by Crippen LogP contribution is -2.53. The van der Waals surface area contributed by atoms with Crippen molar-refractivity contribution in [2.45, 2.75) is 26.7 Å². The van der Waals surface area contributed by atoms with Crippen molar-refractivity contribution >= 4 is 21.8 Å². The fourth-order valence-electron chi connectivity index (χ4n) is 3.69. The summed E-state index contributed by atoms with van der Waals surface area (Å²) in [6.07, 6.45) is 2.40. The summed E-state index contributed by atoms with van der Waals surface area (Å²) in [6, 6.07) is 0. The molecule has 26 heavy (non-hydrogen) atoms. The van der Waals surface area contributed by atoms with Gasteiger partial charge in [0, 0.05) is 58.3 Å². The average Bonchev–Trinajstić information content (AvgIpc) is 2.62. The van der Waals surface area contributed by atoms with Crippen molar-refractivity contribution in [1.29, 1.82) is 0 Å². The summed E-state index contributed by atoms with van der Waals surface area (Å²) in [5.74, 6) is 0.188. The minimum Gasteiger partial charge on any atom is -0.342 e. The predicted molar refractivity (Wildman–Crippen MR) is 100 cm³/mol. The van der Waals surface area contributed by atoms with Crippen LogP contribution in [0.3, 0.4) is 0 Å². The van der Waals surface area contributed by atoms with E-state index in [1.807, 2.05) is 23.6 Å². The van der Waals surface area contributed by atoms with Gasteiger partial charge in [0.2, 0.25) is 21.8 Å². The topological polar surface area (TPSA) is 81.2 Å². The molecule has 2 fully saturated rings. The molecule has 2 saturated heterocycles. The molecule has 2 aliphatic rings. The molecule has 8 nitrogen and oxygen atoms in total. The van der Waals surface area contributed by atoms with E-state index in [2.05, 4.69) is 4.90 Å². The first kappa shape index (κ1) is 21.1. The summed E-state index contributed by atoms with van der Waals surface area (Å²) in [5.41, 5.74) is 0. The molecule has 0 bridgehead atoms. The molecule has 150 valence electrons. The Morgan fingerprint density at radius 1 is 0.962 bits per heavy atom. The minimum atomic E-state index is -3.16. The molecular formula is C17H32N4O4S. The number of sulfonamides is 1. The molecule has 0 unspecified atom stereocenters. The molecule has 2 rings (SSSR count). The van der Waals surface area contributed by atoms with Crippen LogP contribution in [-0.2, 0) is 19.6 Å². The summed E-state index contributed by atoms with van der Waals surface area (Å²) in [5, 5.41) is 0. The van der Waals surface area contributed by atoms with Gasteiger partial charge in [-0.3, -0.25) is 14.5 Å². The van der Waals surface area contributed by atoms with Crippen LogP contribution in [0.15, 0.2) is 0 Å². The van der Waals surface area contributed by atoms with Crippen LogP contribution in [0.2, 0.25) is 0 Å². The smallest absolute Gasteiger partial charge is 0.236 e. The summed E-state index contributed by atoms with van der Waals surface area (Å²) < 4.78 is 24.6. The number of carbonyl (C=O) groups excluding carboxylic acids is 2. The lowest BCUT2D eigenvalue weighted by atomic mass is 9.96. The largest absolute Gasteiger partial charge is 0.342 e. The van der Waals surface area contributed by atoms with Crippen LogP contribution in [0, 0.1) is 5.92 Å². The third kappa shape index (κ3) is 5.40. The summed E-state index contributed by atoms with van der Waals surface area (Å²) in [7, 11) is -3.16. The Labute approximate surface area is 157 Å². The van der Waals surface area contributed by atoms with Gasteiger partial charge in [-0.1, -0.05) is 0 Å². The monoisotopic (exact) mass is 388 g/mol. The SMILES string of the molecule is CCN(CC)C(=O)CN1CCN(C(=O)C2CCN(S(C)(=O)=O)CC2)CC1. The van der Waals surface area contributed by atoms with Crippen LogP contribution in [0.1, 0.15) is 26.7 Å². The predicted octanol–water partition coefficient (Wildman–Crippen LogP) is -0.329. The van der Waals surface area contributed by atoms with Gasteiger partial charge in [-0.25, -0.2) is 12.7 Å². The van der Waals surface area contributed by atoms with Gasteiger partial charge in [0.05, 0.1) is 12.8 Å². The zero-order valence-electron chi connectivity index (χ0n) is 16.2. The number of nitrogens with zero attached hydrogens (tertiary/aromatic N) is 4. The van der Waals surface area contributed by atoms with Gasteiger partial charge in [0.15, 0.2) is 0 Å². The third-order valence-corrected chi connectivity index (χ3v) is 6.73. The van der Waals surface area contributed by atoms with E-state index in [1.165, 1.54) is 10.6 Å². The molecular weight excluding hydrogens is 356 g/mol. The molecule has 0 N–H and O–H groups in total. The molecule has 0 spiro atoms. The van der Waals surface area contributed by atoms with Crippen molar-refractivity contribution in [3.8, 4) is 0 Å². The molecule has 2 heterocycles. The van der Waals surface area contributed by atoms with Gasteiger partial charge >= 0.3 is 0 Å². The molecule has 0 atom stereocenters. The second kappa shape index (κ2) is 9.14. The van der Waals surface area contributed by atoms with Crippen LogP contribution >= 0.6 is 0 Å². The molecule has 0 radical (unpaired) electrons. The zero-order chi connectivity index (χ0) is 19.3. The number of hydrogen-bond acceptors (Lipinski definition) is 5. The molecule has 2 aliphatic heterocycles. The van der Waals surface area contributed by atoms with Crippen molar-refractivity contribution < 1.29 is 18.0 Å². The summed E-state index contributed by atoms with van der Waals surface area (Å²) in [6.45, 7) is 9.35. The normalized spacial score (nSPS) is 21.0. The van der Waals surface area contributed by atoms with Crippen molar-refractivity contribution in [3.63, 3.8) is 0 Å². The standard InChI is InChI=1S/C17H32N4O4S/c1-4-19(5-2)16(22)14-18-10-12-20(13-11-18)17(23)15-6-8-21(9-7-15)26(3,24)25/h15H,4-14H2,1-3H3. The van der Waals surface area contributed by atoms with E-state index in [0.717, 1.165) is 13.1 Å². The molecule has 0 aromatic heterocycles. The summed E-state index contributed by atoms with van der Waals surface area (Å²) >= 11 is 0. The Morgan fingerprint density at radius 3 is 1.96 bits per heavy atom. The maximum absolute atomic E-state index is 12.7. The number of carbonyl (C=O) groups is 2. The first-order valence-corrected chi connectivity index (χ1v) is 11.3. The van der Waals surface area contributed by atoms with E-state index in [9.17, 15) is 18.0 Å². The van der Waals surface area contributed by atoms with Crippen molar-refractivity contribution in [1.82, 2.24) is 19.0 Å². The third-order valence-electron chi connectivity index (χ3n) is 5.43. The molecule has 0 aliphatic carbocycles. The second-order valence-electron chi connectivity index (χ2n) is 7.10. The lowest BCUT2D eigenvalue weighted by molar-refractivity contribution is -0.139. The number of likely N-dealkylation sites (N-methyl/N-ethyl adjacent to an activating group) is 1. The Kier molecular flexibility index (Phi) is 7.42. The van der Waals surface area contributed by atoms with Gasteiger partial charge in [-0.15, -0.1) is 0 Å².